The molecule has 8 aromatic rings. The Morgan fingerprint density at radius 1 is 0.466 bits per heavy atom. The number of thiazole rings is 2. The van der Waals surface area contributed by atoms with Crippen LogP contribution in [0.15, 0.2) is 145 Å². The molecule has 6 saturated carbocycles. The fourth-order valence-electron chi connectivity index (χ4n) is 18.0. The summed E-state index contributed by atoms with van der Waals surface area (Å²) in [6.45, 7) is 23.0. The highest BCUT2D eigenvalue weighted by molar-refractivity contribution is 7.56. The number of methoxy groups -OCH3 is 2. The van der Waals surface area contributed by atoms with Crippen LogP contribution in [0, 0.1) is 34.5 Å². The molecule has 8 aliphatic rings. The van der Waals surface area contributed by atoms with Crippen LogP contribution in [0.1, 0.15) is 193 Å². The fraction of sp³-hybridized carbons (Fsp3) is 0.519. The number of fused-ring (bicyclic) bond motifs is 2. The molecule has 148 heavy (non-hydrogen) atoms. The number of nitrogens with one attached hydrogen (secondary N) is 6. The number of aromatic nitrogens is 4. The minimum atomic E-state index is -4.73. The van der Waals surface area contributed by atoms with Crippen LogP contribution in [0.3, 0.4) is 0 Å². The average molecular weight is 2120 g/mol. The first kappa shape index (κ1) is 110. The minimum absolute atomic E-state index is 0.0289. The van der Waals surface area contributed by atoms with Crippen LogP contribution in [-0.4, -0.2) is 229 Å². The molecule has 6 amide bonds. The van der Waals surface area contributed by atoms with Crippen molar-refractivity contribution in [2.75, 3.05) is 78.3 Å². The second-order valence-electron chi connectivity index (χ2n) is 40.7. The number of anilines is 2. The summed E-state index contributed by atoms with van der Waals surface area (Å²) in [6, 6.07) is 25.6. The summed E-state index contributed by atoms with van der Waals surface area (Å²) >= 11 is 2.86. The molecule has 796 valence electrons. The van der Waals surface area contributed by atoms with Crippen molar-refractivity contribution < 1.29 is 132 Å². The largest absolute Gasteiger partial charge is 0.510 e. The zero-order valence-corrected chi connectivity index (χ0v) is 88.4. The molecule has 10 atom stereocenters. The molecule has 2 saturated heterocycles. The van der Waals surface area contributed by atoms with Gasteiger partial charge in [-0.15, -0.1) is 35.8 Å². The minimum Gasteiger partial charge on any atom is -0.497 e. The van der Waals surface area contributed by atoms with E-state index >= 15 is 28.3 Å². The number of likely N-dealkylation sites (tertiary alicyclic amines) is 2. The molecule has 1 unspecified atom stereocenters. The van der Waals surface area contributed by atoms with Crippen molar-refractivity contribution in [3.63, 3.8) is 0 Å². The maximum atomic E-state index is 15.4. The third-order valence-electron chi connectivity index (χ3n) is 26.6. The van der Waals surface area contributed by atoms with Gasteiger partial charge in [0, 0.05) is 82.6 Å². The molecule has 4 aromatic heterocycles. The maximum Gasteiger partial charge on any atom is 0.510 e. The van der Waals surface area contributed by atoms with E-state index in [1.807, 2.05) is 50.6 Å². The van der Waals surface area contributed by atoms with Gasteiger partial charge in [-0.05, 0) is 189 Å². The number of pyridine rings is 2. The summed E-state index contributed by atoms with van der Waals surface area (Å²) in [4.78, 5) is 161. The van der Waals surface area contributed by atoms with Gasteiger partial charge >= 0.3 is 51.6 Å². The van der Waals surface area contributed by atoms with Gasteiger partial charge in [0.25, 0.3) is 0 Å². The Kier molecular flexibility index (Phi) is 35.5. The molecule has 0 radical (unpaired) electrons. The lowest BCUT2D eigenvalue weighted by molar-refractivity contribution is -0.142. The molecule has 2 aliphatic heterocycles. The molecule has 0 bridgehead atoms. The zero-order chi connectivity index (χ0) is 106. The highest BCUT2D eigenvalue weighted by atomic mass is 32.1. The van der Waals surface area contributed by atoms with Crippen molar-refractivity contribution in [2.45, 2.75) is 243 Å². The molecule has 16 rings (SSSR count). The Labute approximate surface area is 866 Å². The predicted molar refractivity (Wildman–Crippen MR) is 547 cm³/mol. The molecule has 44 heteroatoms. The van der Waals surface area contributed by atoms with Crippen molar-refractivity contribution in [3.8, 4) is 45.8 Å². The van der Waals surface area contributed by atoms with Gasteiger partial charge in [0.15, 0.2) is 10.3 Å². The third-order valence-corrected chi connectivity index (χ3v) is 33.1. The Morgan fingerprint density at radius 2 is 0.831 bits per heavy atom. The summed E-state index contributed by atoms with van der Waals surface area (Å²) in [5, 5.41) is 20.8. The summed E-state index contributed by atoms with van der Waals surface area (Å²) in [6.07, 6.45) is 6.98. The third kappa shape index (κ3) is 27.6. The number of ether oxygens (including phenoxy) is 12. The van der Waals surface area contributed by atoms with Crippen LogP contribution in [0.25, 0.3) is 44.6 Å². The predicted octanol–water partition coefficient (Wildman–Crippen LogP) is 18.4. The van der Waals surface area contributed by atoms with E-state index in [4.69, 9.17) is 94.9 Å². The van der Waals surface area contributed by atoms with E-state index in [1.165, 1.54) is 68.9 Å². The van der Waals surface area contributed by atoms with Crippen molar-refractivity contribution in [1.29, 1.82) is 0 Å². The number of alkyl carbamates (subject to hydrolysis) is 2. The lowest BCUT2D eigenvalue weighted by Gasteiger charge is -2.36. The number of carbonyl (C=O) groups excluding carboxylic acids is 10. The van der Waals surface area contributed by atoms with Crippen LogP contribution >= 0.6 is 37.9 Å². The van der Waals surface area contributed by atoms with E-state index in [2.05, 4.69) is 45.1 Å². The molecule has 40 nitrogen and oxygen atoms in total. The SMILES string of the molecule is C=CC1C[C@]1(NC(=O)[C@@H]1C[C@@H](Oc2cc(-c3csc(NC(C)C)n3)nc3cc(OC)ccc23)CN1C(=O)[C@@H](NC(=O)OC1CCCC1)C(C)(C)C)P(=O)(OCOC(=O)c1ccccc1)OCOC(=O)c1ccccc1.C=C[C@@H]1C[C@]1(NC(=O)[C@@H]1C[C@@H](Oc2cc(-c3csc(NC(C)C)n3)nc3cc(OC)ccc23)CN1C(=O)[C@@H](NC(=O)OC1CCCC1)C(C)(C)C)P(=O)(OCOC(=O)OCC1CC1)OCOC(=O)OCC1CC1. The van der Waals surface area contributed by atoms with Crippen LogP contribution in [-0.2, 0) is 84.3 Å². The van der Waals surface area contributed by atoms with Gasteiger partial charge in [-0.25, -0.2) is 48.7 Å². The van der Waals surface area contributed by atoms with Crippen molar-refractivity contribution in [2.24, 2.45) is 34.5 Å². The lowest BCUT2D eigenvalue weighted by atomic mass is 9.85. The summed E-state index contributed by atoms with van der Waals surface area (Å²) in [5.74, 6) is -3.44. The molecule has 0 spiro atoms. The first-order chi connectivity index (χ1) is 70.8. The fourth-order valence-corrected chi connectivity index (χ4v) is 23.9. The Bertz CT molecular complexity index is 6130. The number of hydrogen-bond donors (Lipinski definition) is 6. The Balaban J connectivity index is 0.000000222. The number of carbonyl (C=O) groups is 10. The van der Waals surface area contributed by atoms with Gasteiger partial charge in [-0.3, -0.25) is 46.4 Å². The first-order valence-electron chi connectivity index (χ1n) is 49.8. The normalized spacial score (nSPS) is 21.1. The standard InChI is InChI=1S/C54H63N6O13PS.C50H67N6O15PS/c1-8-36-28-54(36,74(66,70-31-68-49(63)34-17-11-9-12-18-34)71-32-69-50(64)35-19-13-10-14-20-35)59-47(61)44-26-39(29-60(44)48(62)46(53(4,5)6)58-52(65)73-37-21-15-16-22-37)72-45-27-42(43-30-75-51(57-43)55-33(2)3)56-41-25-38(67-7)23-24-40(41)45;1-8-32-22-50(32,72(62,68-27-66-47(60)64-24-30-13-14-30)69-28-67-48(61)65-25-31-15-16-31)55-43(57)40-20-35(23-56(40)44(58)42(49(4,5)6)54-46(59)71-33-11-9-10-12-33)70-41-21-38(39-26-73-45(53-39)51-29(2)3)52-37-19-34(63-7)17-18-36(37)41/h8-14,17-20,23-25,27,30,33,36-37,39,44,46H,1,15-16,21-22,26,28-29,31-32H2,2-7H3,(H,55,57)(H,58,65)(H,59,61);8,17-19,21,26,29-33,35,40,42H,1,9-16,20,22-25,27-28H2,2-7H3,(H,51,53)(H,54,59)(H,55,57)/t36?,39-,44+,46-,54+;32-,35-,40+,42-,50+/m11/s1. The maximum absolute atomic E-state index is 15.4. The average Bonchev–Trinajstić information content (AvgIpc) is 1.55. The Hall–Kier alpha value is -12.6. The Morgan fingerprint density at radius 3 is 1.16 bits per heavy atom. The van der Waals surface area contributed by atoms with Gasteiger partial charge < -0.3 is 98.5 Å². The zero-order valence-electron chi connectivity index (χ0n) is 85.0. The van der Waals surface area contributed by atoms with E-state index in [9.17, 15) is 28.8 Å². The smallest absolute Gasteiger partial charge is 0.497 e. The van der Waals surface area contributed by atoms with Crippen LogP contribution in [0.2, 0.25) is 0 Å². The van der Waals surface area contributed by atoms with E-state index < -0.39 is 172 Å². The highest BCUT2D eigenvalue weighted by Crippen LogP contribution is 2.74. The molecule has 8 fully saturated rings. The van der Waals surface area contributed by atoms with E-state index in [0.717, 1.165) is 51.4 Å². The van der Waals surface area contributed by atoms with Gasteiger partial charge in [-0.2, -0.15) is 0 Å². The van der Waals surface area contributed by atoms with Crippen molar-refractivity contribution in [1.82, 2.24) is 51.0 Å². The van der Waals surface area contributed by atoms with Crippen LogP contribution in [0.5, 0.6) is 23.0 Å². The molecular formula is C104H130N12O28P2S2. The van der Waals surface area contributed by atoms with Crippen molar-refractivity contribution >= 4 is 130 Å². The summed E-state index contributed by atoms with van der Waals surface area (Å²) in [5.41, 5.74) is 1.87. The molecule has 6 aliphatic carbocycles. The van der Waals surface area contributed by atoms with Crippen LogP contribution in [0.4, 0.5) is 29.4 Å². The second-order valence-corrected chi connectivity index (χ2v) is 47.1. The number of benzene rings is 4. The monoisotopic (exact) mass is 2120 g/mol. The number of hydrogen-bond acceptors (Lipinski definition) is 36. The van der Waals surface area contributed by atoms with Gasteiger partial charge in [0.1, 0.15) is 93.5 Å². The topological polar surface area (TPSA) is 483 Å². The molecule has 6 N–H and O–H groups in total. The number of esters is 2. The lowest BCUT2D eigenvalue weighted by Crippen LogP contribution is -2.58. The van der Waals surface area contributed by atoms with Crippen molar-refractivity contribution in [3.05, 3.63) is 156 Å². The summed E-state index contributed by atoms with van der Waals surface area (Å²) < 4.78 is 121. The van der Waals surface area contributed by atoms with Crippen LogP contribution < -0.4 is 50.8 Å². The molecule has 4 aromatic carbocycles. The second kappa shape index (κ2) is 47.9. The molecular weight excluding hydrogens is 1990 g/mol. The highest BCUT2D eigenvalue weighted by Gasteiger charge is 2.71. The molecule has 6 heterocycles. The number of nitrogens with zero attached hydrogens (tertiary/aromatic N) is 6. The van der Waals surface area contributed by atoms with E-state index in [0.29, 0.717) is 104 Å². The quantitative estimate of drug-likeness (QED) is 0.00679. The van der Waals surface area contributed by atoms with E-state index in [1.54, 1.807) is 129 Å². The number of amides is 6. The van der Waals surface area contributed by atoms with Gasteiger partial charge in [0.05, 0.1) is 74.1 Å². The number of rotatable bonds is 44. The van der Waals surface area contributed by atoms with E-state index in [-0.39, 0.29) is 99.2 Å². The van der Waals surface area contributed by atoms with Gasteiger partial charge in [0.2, 0.25) is 50.8 Å². The summed E-state index contributed by atoms with van der Waals surface area (Å²) in [7, 11) is -6.34. The first-order valence-corrected chi connectivity index (χ1v) is 54.6. The van der Waals surface area contributed by atoms with Gasteiger partial charge in [-0.1, -0.05) is 90.1 Å².